The molecular weight excluding hydrogens is 1270 g/mol. The Morgan fingerprint density at radius 3 is 1.27 bits per heavy atom. The molecule has 0 fully saturated rings. The summed E-state index contributed by atoms with van der Waals surface area (Å²) >= 11 is 0. The molecule has 0 radical (unpaired) electrons. The minimum Gasteiger partial charge on any atom is -0.456 e. The lowest BCUT2D eigenvalue weighted by Gasteiger charge is -2.18. The van der Waals surface area contributed by atoms with Crippen LogP contribution in [-0.2, 0) is 0 Å². The van der Waals surface area contributed by atoms with Gasteiger partial charge in [0.25, 0.3) is 0 Å². The topological polar surface area (TPSA) is 55.9 Å². The van der Waals surface area contributed by atoms with E-state index in [1.807, 2.05) is 0 Å². The highest BCUT2D eigenvalue weighted by Gasteiger charge is 2.30. The van der Waals surface area contributed by atoms with Gasteiger partial charge in [0.05, 0.1) is 83.5 Å². The molecule has 104 heavy (non-hydrogen) atoms. The molecule has 1 aliphatic carbocycles. The largest absolute Gasteiger partial charge is 0.456 e. The first-order valence-electron chi connectivity index (χ1n) is 35.9. The molecule has 0 bridgehead atoms. The van der Waals surface area contributed by atoms with Crippen molar-refractivity contribution in [2.45, 2.75) is 12.5 Å². The van der Waals surface area contributed by atoms with E-state index in [1.165, 1.54) is 75.7 Å². The van der Waals surface area contributed by atoms with Crippen molar-refractivity contribution in [3.8, 4) is 39.6 Å². The van der Waals surface area contributed by atoms with E-state index in [0.29, 0.717) is 0 Å². The summed E-state index contributed by atoms with van der Waals surface area (Å²) in [6.07, 6.45) is 9.97. The molecule has 0 N–H and O–H groups in total. The van der Waals surface area contributed by atoms with Gasteiger partial charge >= 0.3 is 0 Å². The predicted molar refractivity (Wildman–Crippen MR) is 433 cm³/mol. The van der Waals surface area contributed by atoms with Gasteiger partial charge in [-0.05, 0) is 163 Å². The van der Waals surface area contributed by atoms with Gasteiger partial charge in [-0.3, -0.25) is 0 Å². The highest BCUT2D eigenvalue weighted by atomic mass is 16.3. The number of nitrogens with zero attached hydrogens (tertiary/aromatic N) is 6. The third kappa shape index (κ3) is 7.44. The maximum atomic E-state index is 6.86. The highest BCUT2D eigenvalue weighted by molar-refractivity contribution is 6.39. The lowest BCUT2D eigenvalue weighted by molar-refractivity contribution is 0.648. The Morgan fingerprint density at radius 1 is 0.240 bits per heavy atom. The van der Waals surface area contributed by atoms with E-state index in [2.05, 4.69) is 361 Å². The van der Waals surface area contributed by atoms with Crippen molar-refractivity contribution in [2.24, 2.45) is 0 Å². The van der Waals surface area contributed by atoms with Crippen molar-refractivity contribution in [2.75, 3.05) is 0 Å². The minimum absolute atomic E-state index is 0.169. The van der Waals surface area contributed by atoms with E-state index < -0.39 is 0 Å². The van der Waals surface area contributed by atoms with Crippen LogP contribution in [0.4, 0.5) is 0 Å². The van der Waals surface area contributed by atoms with Crippen LogP contribution >= 0.6 is 0 Å². The maximum Gasteiger partial charge on any atom is 0.159 e. The van der Waals surface area contributed by atoms with Crippen molar-refractivity contribution in [1.29, 1.82) is 0 Å². The second-order valence-corrected chi connectivity index (χ2v) is 28.1. The number of furan rings is 2. The number of benzene rings is 15. The Kier molecular flexibility index (Phi) is 11.2. The molecule has 8 heterocycles. The third-order valence-corrected chi connectivity index (χ3v) is 22.9. The molecule has 1 aliphatic rings. The van der Waals surface area contributed by atoms with Crippen LogP contribution in [0.25, 0.3) is 214 Å². The molecule has 484 valence electrons. The van der Waals surface area contributed by atoms with Gasteiger partial charge in [0, 0.05) is 103 Å². The van der Waals surface area contributed by atoms with Crippen LogP contribution in [0.5, 0.6) is 0 Å². The summed E-state index contributed by atoms with van der Waals surface area (Å²) in [5.41, 5.74) is 25.1. The second-order valence-electron chi connectivity index (χ2n) is 28.1. The average molecular weight is 1330 g/mol. The lowest BCUT2D eigenvalue weighted by atomic mass is 9.99. The summed E-state index contributed by atoms with van der Waals surface area (Å²) in [6, 6.07) is 114. The Hall–Kier alpha value is -13.8. The first kappa shape index (κ1) is 56.0. The average Bonchev–Trinajstić information content (AvgIpc) is 1.53. The quantitative estimate of drug-likeness (QED) is 0.160. The predicted octanol–water partition coefficient (Wildman–Crippen LogP) is 25.8. The van der Waals surface area contributed by atoms with E-state index in [4.69, 9.17) is 8.83 Å². The molecule has 15 aromatic carbocycles. The monoisotopic (exact) mass is 1330 g/mol. The summed E-state index contributed by atoms with van der Waals surface area (Å²) in [6.45, 7) is 0. The molecule has 8 nitrogen and oxygen atoms in total. The molecule has 23 aromatic rings. The van der Waals surface area contributed by atoms with Gasteiger partial charge in [-0.15, -0.1) is 0 Å². The van der Waals surface area contributed by atoms with Gasteiger partial charge in [0.2, 0.25) is 0 Å². The van der Waals surface area contributed by atoms with E-state index in [9.17, 15) is 0 Å². The van der Waals surface area contributed by atoms with E-state index in [1.54, 1.807) is 0 Å². The highest BCUT2D eigenvalue weighted by Crippen LogP contribution is 2.52. The molecule has 8 aromatic heterocycles. The van der Waals surface area contributed by atoms with Gasteiger partial charge in [0.15, 0.2) is 5.58 Å². The Bertz CT molecular complexity index is 7750. The summed E-state index contributed by atoms with van der Waals surface area (Å²) in [7, 11) is 0. The van der Waals surface area contributed by atoms with Gasteiger partial charge in [0.1, 0.15) is 16.7 Å². The third-order valence-electron chi connectivity index (χ3n) is 22.9. The molecular formula is C96H58N6O2. The van der Waals surface area contributed by atoms with Crippen LogP contribution in [0.2, 0.25) is 0 Å². The van der Waals surface area contributed by atoms with Crippen LogP contribution in [0, 0.1) is 0 Å². The molecule has 0 amide bonds. The van der Waals surface area contributed by atoms with Crippen LogP contribution < -0.4 is 0 Å². The van der Waals surface area contributed by atoms with Gasteiger partial charge in [-0.25, -0.2) is 0 Å². The van der Waals surface area contributed by atoms with E-state index in [0.717, 1.165) is 145 Å². The molecule has 1 atom stereocenters. The number of rotatable bonds is 7. The zero-order valence-corrected chi connectivity index (χ0v) is 56.0. The van der Waals surface area contributed by atoms with Gasteiger partial charge < -0.3 is 36.2 Å². The molecule has 0 aliphatic heterocycles. The van der Waals surface area contributed by atoms with Crippen molar-refractivity contribution in [3.05, 3.63) is 334 Å². The van der Waals surface area contributed by atoms with Crippen molar-refractivity contribution < 1.29 is 8.83 Å². The van der Waals surface area contributed by atoms with E-state index in [-0.39, 0.29) is 6.04 Å². The molecule has 8 heteroatoms. The fourth-order valence-corrected chi connectivity index (χ4v) is 18.8. The maximum absolute atomic E-state index is 6.86. The van der Waals surface area contributed by atoms with Crippen LogP contribution in [0.3, 0.4) is 0 Å². The van der Waals surface area contributed by atoms with Crippen molar-refractivity contribution >= 4 is 175 Å². The number of hydrogen-bond acceptors (Lipinski definition) is 2. The number of aromatic nitrogens is 6. The van der Waals surface area contributed by atoms with Crippen LogP contribution in [-0.4, -0.2) is 27.4 Å². The Morgan fingerprint density at radius 2 is 0.654 bits per heavy atom. The first-order valence-corrected chi connectivity index (χ1v) is 35.9. The van der Waals surface area contributed by atoms with Crippen molar-refractivity contribution in [1.82, 2.24) is 27.4 Å². The Labute approximate surface area is 593 Å². The standard InChI is InChI=1S/C96H58N6O2/c1-4-22-59(23-5-1)97-70-34-15-10-29-65(70)88-75(97)48-52-80-92(88)93-81(55-51-78-90(93)67-31-12-17-36-72(67)102(78)83-38-20-33-64-63-28-13-18-39-84(63)104-96(64)83)100(80)62-45-42-57(43-46-62)58-44-47-73-69(56-58)91-76(98(73)60-24-6-2-7-25-60)49-53-82-95(91)94-79(99(82)61-26-8-3-9-27-61)54-50-77-89(94)66-30-11-16-35-71(66)101(77)74-37-21-41-86-87(74)68-32-14-19-40-85(68)103-86/h1-22,24-56,59H,23H2. The second kappa shape index (κ2) is 20.9. The van der Waals surface area contributed by atoms with Crippen LogP contribution in [0.1, 0.15) is 12.5 Å². The summed E-state index contributed by atoms with van der Waals surface area (Å²) < 4.78 is 28.4. The lowest BCUT2D eigenvalue weighted by Crippen LogP contribution is -2.06. The smallest absolute Gasteiger partial charge is 0.159 e. The number of fused-ring (bicyclic) bond motifs is 28. The fourth-order valence-electron chi connectivity index (χ4n) is 18.8. The zero-order valence-electron chi connectivity index (χ0n) is 56.0. The number of allylic oxidation sites excluding steroid dienone is 4. The number of hydrogen-bond donors (Lipinski definition) is 0. The number of para-hydroxylation sites is 8. The van der Waals surface area contributed by atoms with Crippen LogP contribution in [0.15, 0.2) is 343 Å². The molecule has 0 saturated heterocycles. The first-order chi connectivity index (χ1) is 51.7. The molecule has 0 spiro atoms. The van der Waals surface area contributed by atoms with Crippen molar-refractivity contribution in [3.63, 3.8) is 0 Å². The van der Waals surface area contributed by atoms with E-state index >= 15 is 0 Å². The summed E-state index contributed by atoms with van der Waals surface area (Å²) in [5, 5.41) is 19.0. The summed E-state index contributed by atoms with van der Waals surface area (Å²) in [5.74, 6) is 0. The fraction of sp³-hybridized carbons (Fsp3) is 0.0208. The van der Waals surface area contributed by atoms with Gasteiger partial charge in [-0.1, -0.05) is 188 Å². The molecule has 0 saturated carbocycles. The molecule has 1 unspecified atom stereocenters. The SMILES string of the molecule is C1=CCC(n2c3ccccc3c3c4c5c6c7ccccc7n(-c7cccc8c7oc7ccccc78)c6ccc5n(-c5ccc(-c6ccc7c(c6)c6c8c9c%10c%11ccccc%11n(-c%11cccc%12oc%13ccccc%13c%11%12)c%10ccc9n(-c9ccccc9)c8ccc6n7-c6ccccc6)cc5)c4ccc32)C=C1. The van der Waals surface area contributed by atoms with Gasteiger partial charge in [-0.2, -0.15) is 0 Å². The molecule has 24 rings (SSSR count). The minimum atomic E-state index is 0.169. The Balaban J connectivity index is 0.758. The zero-order chi connectivity index (χ0) is 67.6. The normalized spacial score (nSPS) is 13.8. The summed E-state index contributed by atoms with van der Waals surface area (Å²) in [4.78, 5) is 0.